The molecule has 0 atom stereocenters. The molecule has 0 aliphatic heterocycles. The van der Waals surface area contributed by atoms with Crippen molar-refractivity contribution in [1.29, 1.82) is 0 Å². The number of nitrogens with zero attached hydrogens (tertiary/aromatic N) is 3. The third-order valence-electron chi connectivity index (χ3n) is 4.63. The smallest absolute Gasteiger partial charge is 0.234 e. The van der Waals surface area contributed by atoms with Crippen molar-refractivity contribution < 1.29 is 14.3 Å². The molecule has 1 N–H and O–H groups in total. The minimum Gasteiger partial charge on any atom is -0.493 e. The van der Waals surface area contributed by atoms with Gasteiger partial charge in [-0.05, 0) is 61.4 Å². The number of thioether (sulfide) groups is 1. The summed E-state index contributed by atoms with van der Waals surface area (Å²) in [5.74, 6) is 1.96. The third kappa shape index (κ3) is 6.79. The van der Waals surface area contributed by atoms with Crippen LogP contribution in [0.3, 0.4) is 0 Å². The highest BCUT2D eigenvalue weighted by atomic mass is 32.2. The molecule has 172 valence electrons. The Labute approximate surface area is 198 Å². The number of ether oxygens (including phenoxy) is 1. The molecule has 1 aromatic heterocycles. The van der Waals surface area contributed by atoms with E-state index in [4.69, 9.17) is 4.74 Å². The van der Waals surface area contributed by atoms with E-state index >= 15 is 0 Å². The fourth-order valence-corrected chi connectivity index (χ4v) is 3.73. The molecule has 7 nitrogen and oxygen atoms in total. The number of anilines is 1. The lowest BCUT2D eigenvalue weighted by Crippen LogP contribution is -2.14. The molecule has 1 heterocycles. The number of Topliss-reactive ketones (excluding diaryl/α,β-unsaturated/α-hetero) is 1. The predicted octanol–water partition coefficient (Wildman–Crippen LogP) is 5.10. The molecule has 0 saturated carbocycles. The first-order chi connectivity index (χ1) is 15.9. The van der Waals surface area contributed by atoms with Crippen LogP contribution in [0.15, 0.2) is 66.3 Å². The van der Waals surface area contributed by atoms with Crippen molar-refractivity contribution in [1.82, 2.24) is 14.8 Å². The first kappa shape index (κ1) is 24.3. The van der Waals surface area contributed by atoms with Crippen LogP contribution in [0.25, 0.3) is 11.4 Å². The van der Waals surface area contributed by atoms with Crippen LogP contribution >= 0.6 is 11.8 Å². The summed E-state index contributed by atoms with van der Waals surface area (Å²) in [7, 11) is 0. The van der Waals surface area contributed by atoms with Crippen LogP contribution in [0.4, 0.5) is 5.69 Å². The Hall–Kier alpha value is -3.39. The molecular weight excluding hydrogens is 436 g/mol. The largest absolute Gasteiger partial charge is 0.493 e. The van der Waals surface area contributed by atoms with Gasteiger partial charge in [-0.3, -0.25) is 14.2 Å². The monoisotopic (exact) mass is 464 g/mol. The molecule has 3 aromatic rings. The van der Waals surface area contributed by atoms with E-state index in [2.05, 4.69) is 35.9 Å². The number of carbonyl (C=O) groups excluding carboxylic acids is 2. The van der Waals surface area contributed by atoms with E-state index in [1.807, 2.05) is 28.8 Å². The molecule has 0 saturated heterocycles. The van der Waals surface area contributed by atoms with Crippen molar-refractivity contribution >= 4 is 29.1 Å². The maximum Gasteiger partial charge on any atom is 0.234 e. The zero-order valence-electron chi connectivity index (χ0n) is 19.1. The maximum atomic E-state index is 12.4. The minimum atomic E-state index is -0.170. The zero-order chi connectivity index (χ0) is 23.8. The molecule has 0 spiro atoms. The van der Waals surface area contributed by atoms with Gasteiger partial charge in [0.2, 0.25) is 5.91 Å². The summed E-state index contributed by atoms with van der Waals surface area (Å²) in [5.41, 5.74) is 2.15. The highest BCUT2D eigenvalue weighted by molar-refractivity contribution is 7.99. The van der Waals surface area contributed by atoms with Crippen LogP contribution in [0.5, 0.6) is 5.75 Å². The Morgan fingerprint density at radius 3 is 2.42 bits per heavy atom. The topological polar surface area (TPSA) is 86.1 Å². The summed E-state index contributed by atoms with van der Waals surface area (Å²) in [6, 6.07) is 14.5. The molecule has 0 unspecified atom stereocenters. The average molecular weight is 465 g/mol. The van der Waals surface area contributed by atoms with Crippen molar-refractivity contribution in [3.05, 3.63) is 66.7 Å². The Balaban J connectivity index is 1.65. The van der Waals surface area contributed by atoms with Gasteiger partial charge in [0, 0.05) is 23.4 Å². The fraction of sp³-hybridized carbons (Fsp3) is 0.280. The van der Waals surface area contributed by atoms with E-state index in [1.54, 1.807) is 30.3 Å². The number of allylic oxidation sites excluding steroid dienone is 1. The Morgan fingerprint density at radius 1 is 1.12 bits per heavy atom. The van der Waals surface area contributed by atoms with Crippen LogP contribution in [-0.2, 0) is 11.3 Å². The molecule has 0 radical (unpaired) electrons. The lowest BCUT2D eigenvalue weighted by molar-refractivity contribution is -0.113. The second-order valence-corrected chi connectivity index (χ2v) is 8.85. The van der Waals surface area contributed by atoms with Crippen molar-refractivity contribution in [2.24, 2.45) is 5.92 Å². The molecular formula is C25H28N4O3S. The Bertz CT molecular complexity index is 1110. The van der Waals surface area contributed by atoms with Gasteiger partial charge in [0.1, 0.15) is 5.75 Å². The molecule has 3 rings (SSSR count). The highest BCUT2D eigenvalue weighted by Gasteiger charge is 2.15. The van der Waals surface area contributed by atoms with E-state index in [0.717, 1.165) is 11.3 Å². The van der Waals surface area contributed by atoms with Crippen LogP contribution in [0.1, 0.15) is 31.1 Å². The van der Waals surface area contributed by atoms with E-state index in [1.165, 1.54) is 18.7 Å². The van der Waals surface area contributed by atoms with Gasteiger partial charge in [-0.2, -0.15) is 0 Å². The van der Waals surface area contributed by atoms with Crippen molar-refractivity contribution in [2.45, 2.75) is 32.5 Å². The Kier molecular flexibility index (Phi) is 8.43. The van der Waals surface area contributed by atoms with Gasteiger partial charge in [-0.25, -0.2) is 0 Å². The second-order valence-electron chi connectivity index (χ2n) is 7.91. The van der Waals surface area contributed by atoms with Crippen LogP contribution in [0.2, 0.25) is 0 Å². The van der Waals surface area contributed by atoms with E-state index in [-0.39, 0.29) is 17.4 Å². The van der Waals surface area contributed by atoms with Gasteiger partial charge in [-0.1, -0.05) is 31.7 Å². The second kappa shape index (κ2) is 11.5. The molecule has 1 amide bonds. The van der Waals surface area contributed by atoms with Gasteiger partial charge in [0.25, 0.3) is 0 Å². The van der Waals surface area contributed by atoms with E-state index < -0.39 is 0 Å². The number of ketones is 1. The summed E-state index contributed by atoms with van der Waals surface area (Å²) in [4.78, 5) is 23.8. The normalized spacial score (nSPS) is 10.8. The van der Waals surface area contributed by atoms with Gasteiger partial charge in [0.05, 0.1) is 12.4 Å². The molecule has 2 aromatic carbocycles. The van der Waals surface area contributed by atoms with Gasteiger partial charge in [0.15, 0.2) is 16.8 Å². The van der Waals surface area contributed by atoms with Crippen molar-refractivity contribution in [3.63, 3.8) is 0 Å². The number of nitrogens with one attached hydrogen (secondary N) is 1. The summed E-state index contributed by atoms with van der Waals surface area (Å²) in [6.07, 6.45) is 1.77. The van der Waals surface area contributed by atoms with E-state index in [0.29, 0.717) is 41.3 Å². The number of benzene rings is 2. The number of rotatable bonds is 11. The summed E-state index contributed by atoms with van der Waals surface area (Å²) in [6.45, 7) is 10.7. The van der Waals surface area contributed by atoms with Gasteiger partial charge < -0.3 is 10.1 Å². The fourth-order valence-electron chi connectivity index (χ4n) is 2.98. The molecule has 8 heteroatoms. The standard InChI is InChI=1S/C25H28N4O3S/c1-5-14-29-24(20-8-12-22(13-9-20)32-15-17(2)3)27-28-25(29)33-16-23(31)26-21-10-6-19(7-11-21)18(4)30/h5-13,17H,1,14-16H2,2-4H3,(H,26,31). The van der Waals surface area contributed by atoms with Crippen LogP contribution in [-0.4, -0.2) is 38.8 Å². The molecule has 0 fully saturated rings. The lowest BCUT2D eigenvalue weighted by Gasteiger charge is -2.10. The average Bonchev–Trinajstić information content (AvgIpc) is 3.20. The number of hydrogen-bond acceptors (Lipinski definition) is 6. The number of carbonyl (C=O) groups is 2. The Morgan fingerprint density at radius 2 is 1.82 bits per heavy atom. The SMILES string of the molecule is C=CCn1c(SCC(=O)Nc2ccc(C(C)=O)cc2)nnc1-c1ccc(OCC(C)C)cc1. The molecule has 0 aliphatic rings. The lowest BCUT2D eigenvalue weighted by atomic mass is 10.1. The maximum absolute atomic E-state index is 12.4. The molecule has 0 bridgehead atoms. The van der Waals surface area contributed by atoms with Crippen molar-refractivity contribution in [3.8, 4) is 17.1 Å². The third-order valence-corrected chi connectivity index (χ3v) is 5.60. The van der Waals surface area contributed by atoms with Gasteiger partial charge in [-0.15, -0.1) is 16.8 Å². The number of aromatic nitrogens is 3. The number of hydrogen-bond donors (Lipinski definition) is 1. The first-order valence-corrected chi connectivity index (χ1v) is 11.7. The summed E-state index contributed by atoms with van der Waals surface area (Å²) < 4.78 is 7.68. The zero-order valence-corrected chi connectivity index (χ0v) is 19.9. The predicted molar refractivity (Wildman–Crippen MR) is 132 cm³/mol. The van der Waals surface area contributed by atoms with Crippen LogP contribution in [0, 0.1) is 5.92 Å². The summed E-state index contributed by atoms with van der Waals surface area (Å²) >= 11 is 1.30. The molecule has 0 aliphatic carbocycles. The molecule has 33 heavy (non-hydrogen) atoms. The van der Waals surface area contributed by atoms with Crippen LogP contribution < -0.4 is 10.1 Å². The summed E-state index contributed by atoms with van der Waals surface area (Å²) in [5, 5.41) is 12.1. The quantitative estimate of drug-likeness (QED) is 0.241. The van der Waals surface area contributed by atoms with E-state index in [9.17, 15) is 9.59 Å². The van der Waals surface area contributed by atoms with Gasteiger partial charge >= 0.3 is 0 Å². The minimum absolute atomic E-state index is 0.0153. The number of amides is 1. The first-order valence-electron chi connectivity index (χ1n) is 10.7. The highest BCUT2D eigenvalue weighted by Crippen LogP contribution is 2.26. The van der Waals surface area contributed by atoms with Crippen molar-refractivity contribution in [2.75, 3.05) is 17.7 Å².